The highest BCUT2D eigenvalue weighted by atomic mass is 32.2. The van der Waals surface area contributed by atoms with E-state index in [9.17, 15) is 13.2 Å². The van der Waals surface area contributed by atoms with E-state index >= 15 is 0 Å². The molecule has 0 saturated heterocycles. The summed E-state index contributed by atoms with van der Waals surface area (Å²) in [7, 11) is -2.19. The van der Waals surface area contributed by atoms with Crippen molar-refractivity contribution in [3.05, 3.63) is 70.1 Å². The molecule has 0 aliphatic heterocycles. The second-order valence-corrected chi connectivity index (χ2v) is 7.69. The van der Waals surface area contributed by atoms with Gasteiger partial charge < -0.3 is 4.42 Å². The van der Waals surface area contributed by atoms with Gasteiger partial charge >= 0.3 is 5.63 Å². The fourth-order valence-corrected chi connectivity index (χ4v) is 3.84. The SMILES string of the molecule is Cc1ccc(C)c(N(C)S(=O)(=O)c2ccc3oc(=O)ccc3c2)c1. The lowest BCUT2D eigenvalue weighted by atomic mass is 10.1. The number of anilines is 1. The van der Waals surface area contributed by atoms with Gasteiger partial charge in [-0.1, -0.05) is 12.1 Å². The normalized spacial score (nSPS) is 11.6. The molecule has 24 heavy (non-hydrogen) atoms. The molecule has 0 radical (unpaired) electrons. The molecule has 0 N–H and O–H groups in total. The second-order valence-electron chi connectivity index (χ2n) is 5.72. The molecule has 3 rings (SSSR count). The highest BCUT2D eigenvalue weighted by molar-refractivity contribution is 7.92. The molecule has 2 aromatic carbocycles. The Labute approximate surface area is 140 Å². The minimum atomic E-state index is -3.72. The average molecular weight is 343 g/mol. The third kappa shape index (κ3) is 2.80. The number of nitrogens with zero attached hydrogens (tertiary/aromatic N) is 1. The molecule has 0 spiro atoms. The molecular weight excluding hydrogens is 326 g/mol. The zero-order chi connectivity index (χ0) is 17.5. The highest BCUT2D eigenvalue weighted by Crippen LogP contribution is 2.27. The Balaban J connectivity index is 2.11. The molecule has 0 atom stereocenters. The predicted octanol–water partition coefficient (Wildman–Crippen LogP) is 3.23. The van der Waals surface area contributed by atoms with Gasteiger partial charge in [-0.2, -0.15) is 0 Å². The first kappa shape index (κ1) is 16.3. The van der Waals surface area contributed by atoms with Crippen LogP contribution in [-0.2, 0) is 10.0 Å². The fraction of sp³-hybridized carbons (Fsp3) is 0.167. The molecule has 6 heteroatoms. The van der Waals surface area contributed by atoms with E-state index in [4.69, 9.17) is 4.42 Å². The standard InChI is InChI=1S/C18H17NO4S/c1-12-4-5-13(2)16(10-12)19(3)24(21,22)15-7-8-17-14(11-15)6-9-18(20)23-17/h4-11H,1-3H3. The number of hydrogen-bond acceptors (Lipinski definition) is 4. The molecule has 5 nitrogen and oxygen atoms in total. The summed E-state index contributed by atoms with van der Waals surface area (Å²) < 4.78 is 32.2. The van der Waals surface area contributed by atoms with E-state index in [-0.39, 0.29) is 4.90 Å². The van der Waals surface area contributed by atoms with Gasteiger partial charge in [0.05, 0.1) is 10.6 Å². The number of rotatable bonds is 3. The number of fused-ring (bicyclic) bond motifs is 1. The topological polar surface area (TPSA) is 67.6 Å². The zero-order valence-electron chi connectivity index (χ0n) is 13.6. The van der Waals surface area contributed by atoms with Gasteiger partial charge in [-0.15, -0.1) is 0 Å². The largest absolute Gasteiger partial charge is 0.423 e. The molecule has 3 aromatic rings. The van der Waals surface area contributed by atoms with E-state index in [0.29, 0.717) is 16.7 Å². The van der Waals surface area contributed by atoms with Crippen LogP contribution in [-0.4, -0.2) is 15.5 Å². The Morgan fingerprint density at radius 1 is 0.958 bits per heavy atom. The molecule has 124 valence electrons. The van der Waals surface area contributed by atoms with Gasteiger partial charge in [-0.05, 0) is 55.3 Å². The quantitative estimate of drug-likeness (QED) is 0.685. The molecule has 1 aromatic heterocycles. The first-order valence-electron chi connectivity index (χ1n) is 7.39. The van der Waals surface area contributed by atoms with Crippen LogP contribution in [0.15, 0.2) is 62.6 Å². The van der Waals surface area contributed by atoms with Crippen molar-refractivity contribution in [1.82, 2.24) is 0 Å². The summed E-state index contributed by atoms with van der Waals surface area (Å²) in [6, 6.07) is 13.0. The minimum Gasteiger partial charge on any atom is -0.423 e. The number of benzene rings is 2. The Hall–Kier alpha value is -2.60. The molecular formula is C18H17NO4S. The zero-order valence-corrected chi connectivity index (χ0v) is 14.4. The first-order chi connectivity index (χ1) is 11.3. The van der Waals surface area contributed by atoms with E-state index in [1.807, 2.05) is 32.0 Å². The molecule has 0 saturated carbocycles. The average Bonchev–Trinajstić information content (AvgIpc) is 2.55. The molecule has 1 heterocycles. The predicted molar refractivity (Wildman–Crippen MR) is 94.0 cm³/mol. The van der Waals surface area contributed by atoms with E-state index in [1.165, 1.54) is 35.6 Å². The fourth-order valence-electron chi connectivity index (χ4n) is 2.56. The Bertz CT molecular complexity index is 1080. The Kier molecular flexibility index (Phi) is 3.93. The van der Waals surface area contributed by atoms with Gasteiger partial charge in [0.1, 0.15) is 5.58 Å². The number of sulfonamides is 1. The van der Waals surface area contributed by atoms with Crippen LogP contribution in [0.5, 0.6) is 0 Å². The summed E-state index contributed by atoms with van der Waals surface area (Å²) in [6.07, 6.45) is 0. The minimum absolute atomic E-state index is 0.146. The third-order valence-electron chi connectivity index (χ3n) is 3.95. The van der Waals surface area contributed by atoms with Gasteiger partial charge in [0.25, 0.3) is 10.0 Å². The van der Waals surface area contributed by atoms with Crippen LogP contribution in [0.3, 0.4) is 0 Å². The van der Waals surface area contributed by atoms with Crippen molar-refractivity contribution >= 4 is 26.7 Å². The van der Waals surface area contributed by atoms with Crippen LogP contribution >= 0.6 is 0 Å². The van der Waals surface area contributed by atoms with Crippen molar-refractivity contribution in [1.29, 1.82) is 0 Å². The van der Waals surface area contributed by atoms with Gasteiger partial charge in [0.2, 0.25) is 0 Å². The van der Waals surface area contributed by atoms with Crippen molar-refractivity contribution in [2.75, 3.05) is 11.4 Å². The number of aryl methyl sites for hydroxylation is 2. The van der Waals surface area contributed by atoms with Gasteiger partial charge in [-0.25, -0.2) is 13.2 Å². The summed E-state index contributed by atoms with van der Waals surface area (Å²) in [5.74, 6) is 0. The summed E-state index contributed by atoms with van der Waals surface area (Å²) in [5.41, 5.74) is 2.38. The van der Waals surface area contributed by atoms with E-state index in [1.54, 1.807) is 6.07 Å². The summed E-state index contributed by atoms with van der Waals surface area (Å²) in [4.78, 5) is 11.4. The van der Waals surface area contributed by atoms with E-state index in [2.05, 4.69) is 0 Å². The lowest BCUT2D eigenvalue weighted by molar-refractivity contribution is 0.560. The van der Waals surface area contributed by atoms with Crippen LogP contribution in [0.1, 0.15) is 11.1 Å². The molecule has 0 aliphatic rings. The van der Waals surface area contributed by atoms with Crippen molar-refractivity contribution in [2.24, 2.45) is 0 Å². The molecule has 0 fully saturated rings. The van der Waals surface area contributed by atoms with E-state index < -0.39 is 15.6 Å². The maximum absolute atomic E-state index is 12.9. The van der Waals surface area contributed by atoms with Crippen LogP contribution in [0.25, 0.3) is 11.0 Å². The van der Waals surface area contributed by atoms with Crippen LogP contribution in [0, 0.1) is 13.8 Å². The lowest BCUT2D eigenvalue weighted by Gasteiger charge is -2.22. The summed E-state index contributed by atoms with van der Waals surface area (Å²) in [5, 5.41) is 0.560. The van der Waals surface area contributed by atoms with Gasteiger partial charge in [-0.3, -0.25) is 4.31 Å². The van der Waals surface area contributed by atoms with E-state index in [0.717, 1.165) is 11.1 Å². The van der Waals surface area contributed by atoms with Gasteiger partial charge in [0, 0.05) is 18.5 Å². The van der Waals surface area contributed by atoms with Crippen LogP contribution in [0.4, 0.5) is 5.69 Å². The maximum atomic E-state index is 12.9. The third-order valence-corrected chi connectivity index (χ3v) is 5.72. The van der Waals surface area contributed by atoms with Crippen molar-refractivity contribution in [2.45, 2.75) is 18.7 Å². The monoisotopic (exact) mass is 343 g/mol. The van der Waals surface area contributed by atoms with Crippen LogP contribution in [0.2, 0.25) is 0 Å². The van der Waals surface area contributed by atoms with Crippen molar-refractivity contribution in [3.8, 4) is 0 Å². The van der Waals surface area contributed by atoms with Gasteiger partial charge in [0.15, 0.2) is 0 Å². The summed E-state index contributed by atoms with van der Waals surface area (Å²) in [6.45, 7) is 3.79. The Morgan fingerprint density at radius 2 is 1.71 bits per heavy atom. The smallest absolute Gasteiger partial charge is 0.336 e. The second kappa shape index (κ2) is 5.79. The molecule has 0 amide bonds. The first-order valence-corrected chi connectivity index (χ1v) is 8.83. The van der Waals surface area contributed by atoms with Crippen molar-refractivity contribution < 1.29 is 12.8 Å². The van der Waals surface area contributed by atoms with Crippen molar-refractivity contribution in [3.63, 3.8) is 0 Å². The molecule has 0 unspecified atom stereocenters. The maximum Gasteiger partial charge on any atom is 0.336 e. The summed E-state index contributed by atoms with van der Waals surface area (Å²) >= 11 is 0. The van der Waals surface area contributed by atoms with Crippen LogP contribution < -0.4 is 9.93 Å². The number of hydrogen-bond donors (Lipinski definition) is 0. The highest BCUT2D eigenvalue weighted by Gasteiger charge is 2.23. The molecule has 0 aliphatic carbocycles. The Morgan fingerprint density at radius 3 is 2.46 bits per heavy atom. The molecule has 0 bridgehead atoms. The lowest BCUT2D eigenvalue weighted by Crippen LogP contribution is -2.27.